The van der Waals surface area contributed by atoms with Gasteiger partial charge in [0.15, 0.2) is 0 Å². The van der Waals surface area contributed by atoms with Gasteiger partial charge in [0.2, 0.25) is 0 Å². The van der Waals surface area contributed by atoms with Crippen molar-refractivity contribution in [1.82, 2.24) is 10.2 Å². The fraction of sp³-hybridized carbons (Fsp3) is 0.444. The number of nitrogens with one attached hydrogen (secondary N) is 1. The quantitative estimate of drug-likeness (QED) is 0.434. The number of hydrogen-bond acceptors (Lipinski definition) is 4. The summed E-state index contributed by atoms with van der Waals surface area (Å²) in [6.45, 7) is 5.10. The maximum absolute atomic E-state index is 11.3. The van der Waals surface area contributed by atoms with Crippen LogP contribution in [0.4, 0.5) is 0 Å². The van der Waals surface area contributed by atoms with E-state index in [1.165, 1.54) is 12.3 Å². The molecule has 1 rings (SSSR count). The molecule has 0 saturated carbocycles. The first kappa shape index (κ1) is 10.4. The van der Waals surface area contributed by atoms with E-state index < -0.39 is 17.4 Å². The van der Waals surface area contributed by atoms with Crippen molar-refractivity contribution in [3.8, 4) is 0 Å². The molecular formula is C9H12N2O3. The van der Waals surface area contributed by atoms with E-state index in [4.69, 9.17) is 4.74 Å². The van der Waals surface area contributed by atoms with Crippen molar-refractivity contribution in [2.75, 3.05) is 0 Å². The van der Waals surface area contributed by atoms with E-state index in [0.29, 0.717) is 0 Å². The molecule has 1 aromatic heterocycles. The van der Waals surface area contributed by atoms with Crippen molar-refractivity contribution >= 4 is 11.8 Å². The Labute approximate surface area is 81.5 Å². The smallest absolute Gasteiger partial charge is 0.381 e. The number of carbonyl (C=O) groups is 2. The molecule has 0 aliphatic heterocycles. The first-order valence-corrected chi connectivity index (χ1v) is 4.17. The third kappa shape index (κ3) is 2.69. The van der Waals surface area contributed by atoms with E-state index in [9.17, 15) is 9.59 Å². The molecule has 0 aliphatic carbocycles. The average Bonchev–Trinajstić information content (AvgIpc) is 2.51. The number of hydrogen-bond donors (Lipinski definition) is 1. The van der Waals surface area contributed by atoms with Gasteiger partial charge in [0.25, 0.3) is 5.78 Å². The van der Waals surface area contributed by atoms with Gasteiger partial charge in [-0.25, -0.2) is 4.79 Å². The Hall–Kier alpha value is -1.65. The van der Waals surface area contributed by atoms with E-state index in [1.807, 2.05) is 0 Å². The van der Waals surface area contributed by atoms with Crippen molar-refractivity contribution in [3.63, 3.8) is 0 Å². The van der Waals surface area contributed by atoms with E-state index in [-0.39, 0.29) is 5.69 Å². The van der Waals surface area contributed by atoms with Gasteiger partial charge in [-0.15, -0.1) is 0 Å². The molecule has 14 heavy (non-hydrogen) atoms. The van der Waals surface area contributed by atoms with Crippen LogP contribution in [-0.2, 0) is 9.53 Å². The molecule has 5 nitrogen and oxygen atoms in total. The van der Waals surface area contributed by atoms with Gasteiger partial charge in [0, 0.05) is 6.20 Å². The van der Waals surface area contributed by atoms with Gasteiger partial charge in [0.05, 0.1) is 0 Å². The third-order valence-corrected chi connectivity index (χ3v) is 1.33. The molecule has 0 aliphatic rings. The van der Waals surface area contributed by atoms with Gasteiger partial charge < -0.3 is 4.74 Å². The first-order chi connectivity index (χ1) is 6.40. The van der Waals surface area contributed by atoms with Crippen molar-refractivity contribution in [3.05, 3.63) is 18.0 Å². The zero-order chi connectivity index (χ0) is 10.8. The summed E-state index contributed by atoms with van der Waals surface area (Å²) in [6, 6.07) is 1.42. The summed E-state index contributed by atoms with van der Waals surface area (Å²) in [5.41, 5.74) is -0.522. The zero-order valence-electron chi connectivity index (χ0n) is 8.33. The predicted octanol–water partition coefficient (Wildman–Crippen LogP) is 0.934. The molecule has 1 heterocycles. The number of Topliss-reactive ketones (excluding diaryl/α,β-unsaturated/α-hetero) is 1. The summed E-state index contributed by atoms with van der Waals surface area (Å²) in [5.74, 6) is -1.58. The molecule has 0 aromatic carbocycles. The van der Waals surface area contributed by atoms with Gasteiger partial charge >= 0.3 is 5.97 Å². The normalized spacial score (nSPS) is 11.1. The number of esters is 1. The minimum absolute atomic E-state index is 0.138. The molecule has 5 heteroatoms. The number of aromatic nitrogens is 2. The second-order valence-corrected chi connectivity index (χ2v) is 3.80. The number of H-pyrrole nitrogens is 1. The lowest BCUT2D eigenvalue weighted by Gasteiger charge is -2.18. The Bertz CT molecular complexity index is 335. The van der Waals surface area contributed by atoms with Crippen molar-refractivity contribution in [2.24, 2.45) is 0 Å². The van der Waals surface area contributed by atoms with E-state index in [0.717, 1.165) is 0 Å². The van der Waals surface area contributed by atoms with Gasteiger partial charge in [-0.1, -0.05) is 0 Å². The molecule has 76 valence electrons. The molecule has 1 aromatic rings. The van der Waals surface area contributed by atoms with Gasteiger partial charge in [-0.05, 0) is 26.8 Å². The lowest BCUT2D eigenvalue weighted by Crippen LogP contribution is -2.29. The fourth-order valence-corrected chi connectivity index (χ4v) is 0.817. The number of rotatable bonds is 2. The highest BCUT2D eigenvalue weighted by molar-refractivity contribution is 6.40. The largest absolute Gasteiger partial charge is 0.454 e. The van der Waals surface area contributed by atoms with Crippen LogP contribution < -0.4 is 0 Å². The van der Waals surface area contributed by atoms with Crippen LogP contribution in [0.25, 0.3) is 0 Å². The molecule has 0 radical (unpaired) electrons. The van der Waals surface area contributed by atoms with Gasteiger partial charge in [-0.2, -0.15) is 5.10 Å². The van der Waals surface area contributed by atoms with Crippen LogP contribution >= 0.6 is 0 Å². The van der Waals surface area contributed by atoms with Crippen molar-refractivity contribution < 1.29 is 14.3 Å². The summed E-state index contributed by atoms with van der Waals surface area (Å²) in [4.78, 5) is 22.6. The van der Waals surface area contributed by atoms with Crippen molar-refractivity contribution in [1.29, 1.82) is 0 Å². The first-order valence-electron chi connectivity index (χ1n) is 4.17. The average molecular weight is 196 g/mol. The maximum Gasteiger partial charge on any atom is 0.381 e. The van der Waals surface area contributed by atoms with Gasteiger partial charge in [0.1, 0.15) is 11.3 Å². The topological polar surface area (TPSA) is 72.1 Å². The molecule has 0 unspecified atom stereocenters. The number of carbonyl (C=O) groups excluding carboxylic acids is 2. The summed E-state index contributed by atoms with van der Waals surface area (Å²) in [5, 5.41) is 5.97. The molecule has 1 N–H and O–H groups in total. The van der Waals surface area contributed by atoms with Crippen LogP contribution in [0.1, 0.15) is 31.3 Å². The van der Waals surface area contributed by atoms with Gasteiger partial charge in [-0.3, -0.25) is 9.89 Å². The Morgan fingerprint density at radius 3 is 2.50 bits per heavy atom. The zero-order valence-corrected chi connectivity index (χ0v) is 8.33. The molecule has 0 atom stereocenters. The SMILES string of the molecule is CC(C)(C)OC(=O)C(=O)c1ccn[nH]1. The summed E-state index contributed by atoms with van der Waals surface area (Å²) < 4.78 is 4.89. The summed E-state index contributed by atoms with van der Waals surface area (Å²) in [6.07, 6.45) is 1.40. The minimum Gasteiger partial charge on any atom is -0.454 e. The summed E-state index contributed by atoms with van der Waals surface area (Å²) >= 11 is 0. The number of ketones is 1. The predicted molar refractivity (Wildman–Crippen MR) is 48.8 cm³/mol. The van der Waals surface area contributed by atoms with E-state index in [1.54, 1.807) is 20.8 Å². The highest BCUT2D eigenvalue weighted by Crippen LogP contribution is 2.08. The monoisotopic (exact) mass is 196 g/mol. The Kier molecular flexibility index (Phi) is 2.69. The molecule has 0 bridgehead atoms. The van der Waals surface area contributed by atoms with E-state index >= 15 is 0 Å². The number of ether oxygens (including phenoxy) is 1. The molecular weight excluding hydrogens is 184 g/mol. The molecule has 0 fully saturated rings. The Balaban J connectivity index is 2.68. The summed E-state index contributed by atoms with van der Waals surface area (Å²) in [7, 11) is 0. The number of aromatic amines is 1. The number of nitrogens with zero attached hydrogens (tertiary/aromatic N) is 1. The second-order valence-electron chi connectivity index (χ2n) is 3.80. The standard InChI is InChI=1S/C9H12N2O3/c1-9(2,3)14-8(13)7(12)6-4-5-10-11-6/h4-5H,1-3H3,(H,10,11). The fourth-order valence-electron chi connectivity index (χ4n) is 0.817. The second kappa shape index (κ2) is 3.61. The minimum atomic E-state index is -0.873. The Morgan fingerprint density at radius 1 is 1.43 bits per heavy atom. The molecule has 0 spiro atoms. The molecule has 0 amide bonds. The van der Waals surface area contributed by atoms with Crippen LogP contribution in [0.3, 0.4) is 0 Å². The van der Waals surface area contributed by atoms with Crippen LogP contribution in [0, 0.1) is 0 Å². The third-order valence-electron chi connectivity index (χ3n) is 1.33. The van der Waals surface area contributed by atoms with Crippen LogP contribution in [0.5, 0.6) is 0 Å². The van der Waals surface area contributed by atoms with Crippen LogP contribution in [0.15, 0.2) is 12.3 Å². The lowest BCUT2D eigenvalue weighted by atomic mass is 10.2. The highest BCUT2D eigenvalue weighted by atomic mass is 16.6. The van der Waals surface area contributed by atoms with E-state index in [2.05, 4.69) is 10.2 Å². The molecule has 0 saturated heterocycles. The van der Waals surface area contributed by atoms with Crippen LogP contribution in [0.2, 0.25) is 0 Å². The maximum atomic E-state index is 11.3. The van der Waals surface area contributed by atoms with Crippen molar-refractivity contribution in [2.45, 2.75) is 26.4 Å². The van der Waals surface area contributed by atoms with Crippen LogP contribution in [-0.4, -0.2) is 27.6 Å². The Morgan fingerprint density at radius 2 is 2.07 bits per heavy atom. The highest BCUT2D eigenvalue weighted by Gasteiger charge is 2.24. The lowest BCUT2D eigenvalue weighted by molar-refractivity contribution is -0.148.